The average Bonchev–Trinajstić information content (AvgIpc) is 3.10. The van der Waals surface area contributed by atoms with Crippen molar-refractivity contribution in [2.24, 2.45) is 12.0 Å². The minimum Gasteiger partial charge on any atom is -0.367 e. The molecular weight excluding hydrogens is 379 g/mol. The number of hydrogen-bond acceptors (Lipinski definition) is 3. The smallest absolute Gasteiger partial charge is 0.191 e. The minimum absolute atomic E-state index is 0.317. The Hall–Kier alpha value is -2.28. The molecule has 1 aliphatic heterocycles. The summed E-state index contributed by atoms with van der Waals surface area (Å²) in [5.74, 6) is 0.487. The second-order valence-electron chi connectivity index (χ2n) is 7.05. The number of guanidine groups is 1. The number of rotatable bonds is 6. The van der Waals surface area contributed by atoms with Gasteiger partial charge in [-0.3, -0.25) is 9.67 Å². The Balaban J connectivity index is 1.57. The Morgan fingerprint density at radius 2 is 2.29 bits per heavy atom. The zero-order valence-corrected chi connectivity index (χ0v) is 17.2. The van der Waals surface area contributed by atoms with E-state index in [0.717, 1.165) is 49.7 Å². The molecule has 0 spiro atoms. The summed E-state index contributed by atoms with van der Waals surface area (Å²) in [4.78, 5) is 7.03. The minimum atomic E-state index is -0.317. The number of aliphatic imine (C=N–C) groups is 1. The molecule has 0 saturated carbocycles. The highest BCUT2D eigenvalue weighted by Crippen LogP contribution is 2.19. The molecule has 1 atom stereocenters. The number of aromatic nitrogens is 2. The van der Waals surface area contributed by atoms with Crippen LogP contribution in [0.4, 0.5) is 10.1 Å². The number of aryl methyl sites for hydroxylation is 1. The highest BCUT2D eigenvalue weighted by atomic mass is 35.5. The van der Waals surface area contributed by atoms with Gasteiger partial charge in [-0.25, -0.2) is 4.39 Å². The molecule has 1 aliphatic rings. The first-order valence-corrected chi connectivity index (χ1v) is 10.2. The van der Waals surface area contributed by atoms with Gasteiger partial charge in [0.2, 0.25) is 0 Å². The van der Waals surface area contributed by atoms with Gasteiger partial charge in [0.1, 0.15) is 5.82 Å². The predicted octanol–water partition coefficient (Wildman–Crippen LogP) is 2.98. The summed E-state index contributed by atoms with van der Waals surface area (Å²) >= 11 is 6.11. The Kier molecular flexibility index (Phi) is 7.14. The first-order valence-electron chi connectivity index (χ1n) is 9.77. The Morgan fingerprint density at radius 1 is 1.43 bits per heavy atom. The van der Waals surface area contributed by atoms with Gasteiger partial charge < -0.3 is 15.5 Å². The predicted molar refractivity (Wildman–Crippen MR) is 113 cm³/mol. The summed E-state index contributed by atoms with van der Waals surface area (Å²) in [5, 5.41) is 11.6. The highest BCUT2D eigenvalue weighted by molar-refractivity contribution is 6.31. The lowest BCUT2D eigenvalue weighted by molar-refractivity contribution is 0.468. The molecule has 8 heteroatoms. The van der Waals surface area contributed by atoms with E-state index in [1.807, 2.05) is 24.1 Å². The average molecular weight is 407 g/mol. The number of halogens is 2. The lowest BCUT2D eigenvalue weighted by Crippen LogP contribution is -2.51. The van der Waals surface area contributed by atoms with Crippen molar-refractivity contribution in [3.63, 3.8) is 0 Å². The lowest BCUT2D eigenvalue weighted by Gasteiger charge is -2.34. The molecule has 1 saturated heterocycles. The maximum absolute atomic E-state index is 13.2. The van der Waals surface area contributed by atoms with Gasteiger partial charge >= 0.3 is 0 Å². The molecule has 6 nitrogen and oxygen atoms in total. The first-order chi connectivity index (χ1) is 13.5. The topological polar surface area (TPSA) is 57.5 Å². The van der Waals surface area contributed by atoms with Crippen LogP contribution in [0, 0.1) is 5.82 Å². The fraction of sp³-hybridized carbons (Fsp3) is 0.500. The summed E-state index contributed by atoms with van der Waals surface area (Å²) in [6, 6.07) is 4.82. The zero-order chi connectivity index (χ0) is 19.9. The third-order valence-electron chi connectivity index (χ3n) is 4.83. The van der Waals surface area contributed by atoms with Crippen molar-refractivity contribution in [2.75, 3.05) is 31.1 Å². The van der Waals surface area contributed by atoms with E-state index in [9.17, 15) is 4.39 Å². The van der Waals surface area contributed by atoms with E-state index in [1.165, 1.54) is 12.1 Å². The molecule has 3 rings (SSSR count). The van der Waals surface area contributed by atoms with Crippen LogP contribution < -0.4 is 15.5 Å². The summed E-state index contributed by atoms with van der Waals surface area (Å²) in [5.41, 5.74) is 2.06. The van der Waals surface area contributed by atoms with Gasteiger partial charge in [0.05, 0.1) is 11.9 Å². The third kappa shape index (κ3) is 5.61. The quantitative estimate of drug-likeness (QED) is 0.572. The number of nitrogens with zero attached hydrogens (tertiary/aromatic N) is 4. The van der Waals surface area contributed by atoms with Gasteiger partial charge in [0.15, 0.2) is 5.96 Å². The molecule has 2 aromatic rings. The molecular formula is C20H28ClFN6. The molecule has 0 aliphatic carbocycles. The summed E-state index contributed by atoms with van der Waals surface area (Å²) in [6.45, 7) is 5.39. The van der Waals surface area contributed by atoms with Gasteiger partial charge in [-0.15, -0.1) is 0 Å². The number of nitrogens with one attached hydrogen (secondary N) is 2. The van der Waals surface area contributed by atoms with Gasteiger partial charge in [-0.05, 0) is 43.9 Å². The molecule has 1 aromatic carbocycles. The van der Waals surface area contributed by atoms with Crippen molar-refractivity contribution >= 4 is 23.2 Å². The monoisotopic (exact) mass is 406 g/mol. The van der Waals surface area contributed by atoms with Crippen LogP contribution >= 0.6 is 11.6 Å². The number of benzene rings is 1. The van der Waals surface area contributed by atoms with Crippen LogP contribution in [0.3, 0.4) is 0 Å². The molecule has 28 heavy (non-hydrogen) atoms. The number of hydrogen-bond donors (Lipinski definition) is 2. The molecule has 1 unspecified atom stereocenters. The van der Waals surface area contributed by atoms with E-state index in [-0.39, 0.29) is 5.82 Å². The molecule has 0 amide bonds. The van der Waals surface area contributed by atoms with E-state index < -0.39 is 0 Å². The Bertz CT molecular complexity index is 806. The van der Waals surface area contributed by atoms with E-state index in [1.54, 1.807) is 6.07 Å². The van der Waals surface area contributed by atoms with Crippen molar-refractivity contribution in [3.8, 4) is 0 Å². The Labute approximate surface area is 170 Å². The van der Waals surface area contributed by atoms with E-state index in [4.69, 9.17) is 11.6 Å². The van der Waals surface area contributed by atoms with Crippen molar-refractivity contribution < 1.29 is 4.39 Å². The van der Waals surface area contributed by atoms with Crippen LogP contribution in [0.15, 0.2) is 35.6 Å². The van der Waals surface area contributed by atoms with E-state index >= 15 is 0 Å². The van der Waals surface area contributed by atoms with Crippen LogP contribution in [0.1, 0.15) is 25.3 Å². The van der Waals surface area contributed by atoms with E-state index in [0.29, 0.717) is 24.0 Å². The van der Waals surface area contributed by atoms with Gasteiger partial charge in [0.25, 0.3) is 0 Å². The molecule has 152 valence electrons. The van der Waals surface area contributed by atoms with Crippen LogP contribution in [0.5, 0.6) is 0 Å². The fourth-order valence-corrected chi connectivity index (χ4v) is 3.69. The second kappa shape index (κ2) is 9.78. The standard InChI is InChI=1S/C20H28ClFN6/c1-3-23-20(24-9-8-15-6-7-16(22)11-19(15)21)26-17-5-4-10-28(13-17)18-12-25-27(2)14-18/h6-7,11-12,14,17H,3-5,8-10,13H2,1-2H3,(H2,23,24,26). The SMILES string of the molecule is CCNC(=NCCc1ccc(F)cc1Cl)NC1CCCN(c2cnn(C)c2)C1. The van der Waals surface area contributed by atoms with Crippen molar-refractivity contribution in [1.29, 1.82) is 0 Å². The molecule has 1 fully saturated rings. The molecule has 1 aromatic heterocycles. The lowest BCUT2D eigenvalue weighted by atomic mass is 10.1. The summed E-state index contributed by atoms with van der Waals surface area (Å²) in [6.07, 6.45) is 6.85. The molecule has 0 bridgehead atoms. The maximum atomic E-state index is 13.2. The zero-order valence-electron chi connectivity index (χ0n) is 16.5. The largest absolute Gasteiger partial charge is 0.367 e. The van der Waals surface area contributed by atoms with Crippen LogP contribution in [-0.2, 0) is 13.5 Å². The molecule has 0 radical (unpaired) electrons. The Morgan fingerprint density at radius 3 is 3.00 bits per heavy atom. The van der Waals surface area contributed by atoms with Gasteiger partial charge in [-0.2, -0.15) is 5.10 Å². The summed E-state index contributed by atoms with van der Waals surface area (Å²) < 4.78 is 15.0. The molecule has 2 heterocycles. The van der Waals surface area contributed by atoms with Crippen LogP contribution in [0.2, 0.25) is 5.02 Å². The van der Waals surface area contributed by atoms with Crippen molar-refractivity contribution in [2.45, 2.75) is 32.2 Å². The first kappa shape index (κ1) is 20.5. The number of anilines is 1. The van der Waals surface area contributed by atoms with Crippen molar-refractivity contribution in [3.05, 3.63) is 47.0 Å². The van der Waals surface area contributed by atoms with Crippen LogP contribution in [0.25, 0.3) is 0 Å². The fourth-order valence-electron chi connectivity index (χ4n) is 3.43. The number of piperidine rings is 1. The van der Waals surface area contributed by atoms with Crippen LogP contribution in [-0.4, -0.2) is 48.0 Å². The second-order valence-corrected chi connectivity index (χ2v) is 7.46. The summed E-state index contributed by atoms with van der Waals surface area (Å²) in [7, 11) is 1.94. The van der Waals surface area contributed by atoms with Crippen molar-refractivity contribution in [1.82, 2.24) is 20.4 Å². The third-order valence-corrected chi connectivity index (χ3v) is 5.18. The van der Waals surface area contributed by atoms with Gasteiger partial charge in [-0.1, -0.05) is 17.7 Å². The highest BCUT2D eigenvalue weighted by Gasteiger charge is 2.21. The van der Waals surface area contributed by atoms with Gasteiger partial charge in [0, 0.05) is 50.5 Å². The normalized spacial score (nSPS) is 17.6. The molecule has 2 N–H and O–H groups in total. The maximum Gasteiger partial charge on any atom is 0.191 e. The van der Waals surface area contributed by atoms with E-state index in [2.05, 4.69) is 32.5 Å².